The highest BCUT2D eigenvalue weighted by Crippen LogP contribution is 2.36. The van der Waals surface area contributed by atoms with Crippen LogP contribution >= 0.6 is 11.6 Å². The lowest BCUT2D eigenvalue weighted by Gasteiger charge is -2.33. The molecular formula is C13H14ClFO3. The molecule has 18 heavy (non-hydrogen) atoms. The number of hydrogen-bond donors (Lipinski definition) is 1. The van der Waals surface area contributed by atoms with E-state index in [0.717, 1.165) is 0 Å². The van der Waals surface area contributed by atoms with Gasteiger partial charge >= 0.3 is 5.97 Å². The Balaban J connectivity index is 2.29. The number of carboxylic acids is 1. The molecule has 0 saturated carbocycles. The highest BCUT2D eigenvalue weighted by molar-refractivity contribution is 6.30. The third kappa shape index (κ3) is 2.49. The van der Waals surface area contributed by atoms with Crippen LogP contribution in [0.1, 0.15) is 18.4 Å². The quantitative estimate of drug-likeness (QED) is 0.920. The smallest absolute Gasteiger partial charge is 0.310 e. The zero-order valence-electron chi connectivity index (χ0n) is 9.79. The fraction of sp³-hybridized carbons (Fsp3) is 0.462. The Morgan fingerprint density at radius 1 is 1.44 bits per heavy atom. The molecule has 1 aliphatic heterocycles. The lowest BCUT2D eigenvalue weighted by molar-refractivity contribution is -0.154. The summed E-state index contributed by atoms with van der Waals surface area (Å²) in [7, 11) is 0. The fourth-order valence-electron chi connectivity index (χ4n) is 2.28. The van der Waals surface area contributed by atoms with Gasteiger partial charge in [0.2, 0.25) is 0 Å². The van der Waals surface area contributed by atoms with E-state index in [9.17, 15) is 14.3 Å². The average Bonchev–Trinajstić information content (AvgIpc) is 2.36. The Morgan fingerprint density at radius 2 is 2.11 bits per heavy atom. The van der Waals surface area contributed by atoms with Crippen molar-refractivity contribution in [2.24, 2.45) is 5.41 Å². The molecular weight excluding hydrogens is 259 g/mol. The van der Waals surface area contributed by atoms with E-state index in [1.54, 1.807) is 12.1 Å². The van der Waals surface area contributed by atoms with Gasteiger partial charge < -0.3 is 9.84 Å². The SMILES string of the molecule is O=C(O)C1(Cc2cccc(Cl)c2F)CCOCC1. The average molecular weight is 273 g/mol. The van der Waals surface area contributed by atoms with Crippen molar-refractivity contribution in [2.75, 3.05) is 13.2 Å². The van der Waals surface area contributed by atoms with Gasteiger partial charge in [-0.15, -0.1) is 0 Å². The second-order valence-corrected chi connectivity index (χ2v) is 4.99. The van der Waals surface area contributed by atoms with Gasteiger partial charge in [0.25, 0.3) is 0 Å². The Hall–Kier alpha value is -1.13. The van der Waals surface area contributed by atoms with Gasteiger partial charge in [0.1, 0.15) is 5.82 Å². The predicted molar refractivity (Wildman–Crippen MR) is 65.2 cm³/mol. The molecule has 98 valence electrons. The van der Waals surface area contributed by atoms with E-state index in [-0.39, 0.29) is 11.4 Å². The monoisotopic (exact) mass is 272 g/mol. The van der Waals surface area contributed by atoms with Crippen molar-refractivity contribution in [2.45, 2.75) is 19.3 Å². The fourth-order valence-corrected chi connectivity index (χ4v) is 2.47. The molecule has 5 heteroatoms. The molecule has 0 bridgehead atoms. The van der Waals surface area contributed by atoms with Gasteiger partial charge in [-0.2, -0.15) is 0 Å². The molecule has 1 saturated heterocycles. The van der Waals surface area contributed by atoms with Crippen LogP contribution in [0.2, 0.25) is 5.02 Å². The molecule has 1 fully saturated rings. The summed E-state index contributed by atoms with van der Waals surface area (Å²) in [6, 6.07) is 4.68. The van der Waals surface area contributed by atoms with Crippen molar-refractivity contribution in [3.63, 3.8) is 0 Å². The van der Waals surface area contributed by atoms with E-state index in [4.69, 9.17) is 16.3 Å². The van der Waals surface area contributed by atoms with Crippen LogP contribution in [-0.4, -0.2) is 24.3 Å². The molecule has 1 N–H and O–H groups in total. The first-order chi connectivity index (χ1) is 8.55. The highest BCUT2D eigenvalue weighted by atomic mass is 35.5. The lowest BCUT2D eigenvalue weighted by atomic mass is 9.75. The van der Waals surface area contributed by atoms with Crippen LogP contribution < -0.4 is 0 Å². The van der Waals surface area contributed by atoms with Crippen LogP contribution in [0.15, 0.2) is 18.2 Å². The van der Waals surface area contributed by atoms with Gasteiger partial charge in [-0.1, -0.05) is 23.7 Å². The van der Waals surface area contributed by atoms with Gasteiger partial charge in [0.05, 0.1) is 10.4 Å². The van der Waals surface area contributed by atoms with Crippen molar-refractivity contribution >= 4 is 17.6 Å². The van der Waals surface area contributed by atoms with Crippen molar-refractivity contribution in [3.8, 4) is 0 Å². The minimum Gasteiger partial charge on any atom is -0.481 e. The van der Waals surface area contributed by atoms with Crippen molar-refractivity contribution in [1.29, 1.82) is 0 Å². The Kier molecular flexibility index (Phi) is 3.88. The van der Waals surface area contributed by atoms with Crippen LogP contribution in [0.25, 0.3) is 0 Å². The number of halogens is 2. The second-order valence-electron chi connectivity index (χ2n) is 4.59. The Labute approximate surface area is 110 Å². The summed E-state index contributed by atoms with van der Waals surface area (Å²) in [6.07, 6.45) is 0.945. The second kappa shape index (κ2) is 5.24. The summed E-state index contributed by atoms with van der Waals surface area (Å²) < 4.78 is 19.0. The van der Waals surface area contributed by atoms with Crippen molar-refractivity contribution in [1.82, 2.24) is 0 Å². The third-order valence-corrected chi connectivity index (χ3v) is 3.76. The summed E-state index contributed by atoms with van der Waals surface area (Å²) >= 11 is 5.71. The van der Waals surface area contributed by atoms with Gasteiger partial charge in [-0.05, 0) is 30.9 Å². The van der Waals surface area contributed by atoms with E-state index in [1.807, 2.05) is 0 Å². The molecule has 0 radical (unpaired) electrons. The number of aliphatic carboxylic acids is 1. The number of ether oxygens (including phenoxy) is 1. The molecule has 1 aliphatic rings. The third-order valence-electron chi connectivity index (χ3n) is 3.46. The molecule has 1 aromatic rings. The first kappa shape index (κ1) is 13.3. The van der Waals surface area contributed by atoms with Crippen molar-refractivity contribution in [3.05, 3.63) is 34.6 Å². The van der Waals surface area contributed by atoms with Crippen LogP contribution in [0.5, 0.6) is 0 Å². The van der Waals surface area contributed by atoms with E-state index >= 15 is 0 Å². The van der Waals surface area contributed by atoms with Crippen LogP contribution in [0.3, 0.4) is 0 Å². The molecule has 3 nitrogen and oxygen atoms in total. The molecule has 0 atom stereocenters. The van der Waals surface area contributed by atoms with Gasteiger partial charge in [-0.25, -0.2) is 4.39 Å². The minimum absolute atomic E-state index is 0.0279. The number of benzene rings is 1. The lowest BCUT2D eigenvalue weighted by Crippen LogP contribution is -2.39. The van der Waals surface area contributed by atoms with Crippen molar-refractivity contribution < 1.29 is 19.0 Å². The maximum Gasteiger partial charge on any atom is 0.310 e. The number of carbonyl (C=O) groups is 1. The maximum absolute atomic E-state index is 13.8. The summed E-state index contributed by atoms with van der Waals surface area (Å²) in [6.45, 7) is 0.795. The van der Waals surface area contributed by atoms with Crippen LogP contribution in [-0.2, 0) is 16.0 Å². The molecule has 0 aliphatic carbocycles. The summed E-state index contributed by atoms with van der Waals surface area (Å²) in [4.78, 5) is 11.5. The molecule has 0 unspecified atom stereocenters. The van der Waals surface area contributed by atoms with Gasteiger partial charge in [0, 0.05) is 13.2 Å². The van der Waals surface area contributed by atoms with E-state index in [1.165, 1.54) is 6.07 Å². The first-order valence-electron chi connectivity index (χ1n) is 5.79. The zero-order valence-corrected chi connectivity index (χ0v) is 10.5. The van der Waals surface area contributed by atoms with Crippen LogP contribution in [0.4, 0.5) is 4.39 Å². The molecule has 2 rings (SSSR count). The first-order valence-corrected chi connectivity index (χ1v) is 6.17. The predicted octanol–water partition coefficient (Wildman–Crippen LogP) is 2.90. The molecule has 0 amide bonds. The zero-order chi connectivity index (χ0) is 13.2. The minimum atomic E-state index is -0.941. The summed E-state index contributed by atoms with van der Waals surface area (Å²) in [5, 5.41) is 9.43. The number of rotatable bonds is 3. The van der Waals surface area contributed by atoms with Gasteiger partial charge in [-0.3, -0.25) is 4.79 Å². The molecule has 1 aromatic carbocycles. The highest BCUT2D eigenvalue weighted by Gasteiger charge is 2.40. The van der Waals surface area contributed by atoms with E-state index < -0.39 is 17.2 Å². The Morgan fingerprint density at radius 3 is 2.72 bits per heavy atom. The number of hydrogen-bond acceptors (Lipinski definition) is 2. The summed E-state index contributed by atoms with van der Waals surface area (Å²) in [5.74, 6) is -1.42. The van der Waals surface area contributed by atoms with E-state index in [0.29, 0.717) is 31.6 Å². The standard InChI is InChI=1S/C13H14ClFO3/c14-10-3-1-2-9(11(10)15)8-13(12(16)17)4-6-18-7-5-13/h1-3H,4-8H2,(H,16,17). The number of carboxylic acid groups (broad SMARTS) is 1. The Bertz CT molecular complexity index is 456. The molecule has 0 spiro atoms. The topological polar surface area (TPSA) is 46.5 Å². The molecule has 1 heterocycles. The van der Waals surface area contributed by atoms with Crippen LogP contribution in [0, 0.1) is 11.2 Å². The van der Waals surface area contributed by atoms with E-state index in [2.05, 4.69) is 0 Å². The molecule has 0 aromatic heterocycles. The van der Waals surface area contributed by atoms with Gasteiger partial charge in [0.15, 0.2) is 0 Å². The largest absolute Gasteiger partial charge is 0.481 e. The summed E-state index contributed by atoms with van der Waals surface area (Å²) in [5.41, 5.74) is -0.587. The normalized spacial score (nSPS) is 18.6. The maximum atomic E-state index is 13.8.